The lowest BCUT2D eigenvalue weighted by molar-refractivity contribution is -0.136. The van der Waals surface area contributed by atoms with E-state index in [2.05, 4.69) is 10.3 Å². The number of carbonyl (C=O) groups is 1. The monoisotopic (exact) mass is 515 g/mol. The fraction of sp³-hybridized carbons (Fsp3) is 0.533. The Kier molecular flexibility index (Phi) is 7.15. The van der Waals surface area contributed by atoms with Gasteiger partial charge in [0.2, 0.25) is 11.9 Å². The maximum atomic E-state index is 13.9. The molecule has 1 aliphatic carbocycles. The number of anilines is 1. The van der Waals surface area contributed by atoms with Crippen LogP contribution in [0.25, 0.3) is 22.2 Å². The van der Waals surface area contributed by atoms with E-state index in [0.29, 0.717) is 36.3 Å². The van der Waals surface area contributed by atoms with Crippen LogP contribution in [-0.4, -0.2) is 57.7 Å². The number of pyridine rings is 1. The number of rotatable bonds is 5. The molecular weight excluding hydrogens is 478 g/mol. The van der Waals surface area contributed by atoms with Crippen molar-refractivity contribution in [3.05, 3.63) is 52.4 Å². The number of aromatic nitrogens is 3. The van der Waals surface area contributed by atoms with E-state index in [-0.39, 0.29) is 23.6 Å². The molecule has 2 aromatic heterocycles. The lowest BCUT2D eigenvalue weighted by Gasteiger charge is -2.34. The molecule has 0 unspecified atom stereocenters. The number of benzene rings is 1. The molecule has 1 N–H and O–H groups in total. The smallest absolute Gasteiger partial charge is 0.260 e. The second-order valence-electron chi connectivity index (χ2n) is 11.1. The molecule has 1 amide bonds. The van der Waals surface area contributed by atoms with Crippen molar-refractivity contribution in [2.24, 2.45) is 5.92 Å². The molecule has 8 heteroatoms. The Labute approximate surface area is 223 Å². The molecule has 38 heavy (non-hydrogen) atoms. The molecule has 1 saturated carbocycles. The van der Waals surface area contributed by atoms with Crippen molar-refractivity contribution in [1.82, 2.24) is 19.4 Å². The number of hydrogen-bond donors (Lipinski definition) is 1. The average Bonchev–Trinajstić information content (AvgIpc) is 3.49. The van der Waals surface area contributed by atoms with Gasteiger partial charge in [-0.3, -0.25) is 14.2 Å². The fourth-order valence-corrected chi connectivity index (χ4v) is 6.40. The first-order valence-electron chi connectivity index (χ1n) is 14.2. The molecule has 0 bridgehead atoms. The van der Waals surface area contributed by atoms with Gasteiger partial charge in [0.25, 0.3) is 5.56 Å². The predicted octanol–water partition coefficient (Wildman–Crippen LogP) is 4.71. The normalized spacial score (nSPS) is 19.8. The first-order chi connectivity index (χ1) is 18.6. The molecule has 3 aromatic rings. The van der Waals surface area contributed by atoms with E-state index in [0.717, 1.165) is 68.1 Å². The minimum absolute atomic E-state index is 0.0120. The van der Waals surface area contributed by atoms with Crippen molar-refractivity contribution in [1.29, 1.82) is 0 Å². The summed E-state index contributed by atoms with van der Waals surface area (Å²) in [6.45, 7) is 4.86. The van der Waals surface area contributed by atoms with Gasteiger partial charge in [-0.25, -0.2) is 4.98 Å². The van der Waals surface area contributed by atoms with Crippen LogP contribution >= 0.6 is 0 Å². The summed E-state index contributed by atoms with van der Waals surface area (Å²) in [6.07, 6.45) is 9.60. The van der Waals surface area contributed by atoms with Crippen molar-refractivity contribution in [3.63, 3.8) is 0 Å². The number of ether oxygens (including phenoxy) is 1. The van der Waals surface area contributed by atoms with Gasteiger partial charge in [-0.1, -0.05) is 37.1 Å². The van der Waals surface area contributed by atoms with E-state index in [1.807, 2.05) is 52.9 Å². The highest BCUT2D eigenvalue weighted by Crippen LogP contribution is 2.30. The van der Waals surface area contributed by atoms with E-state index in [9.17, 15) is 9.59 Å². The van der Waals surface area contributed by atoms with Crippen molar-refractivity contribution >= 4 is 22.9 Å². The molecule has 3 fully saturated rings. The number of nitrogens with one attached hydrogen (secondary N) is 1. The van der Waals surface area contributed by atoms with E-state index in [4.69, 9.17) is 9.72 Å². The van der Waals surface area contributed by atoms with E-state index < -0.39 is 0 Å². The number of nitrogens with zero attached hydrogens (tertiary/aromatic N) is 4. The van der Waals surface area contributed by atoms with Crippen LogP contribution in [0, 0.1) is 12.8 Å². The predicted molar refractivity (Wildman–Crippen MR) is 148 cm³/mol. The van der Waals surface area contributed by atoms with E-state index in [1.54, 1.807) is 0 Å². The van der Waals surface area contributed by atoms with Gasteiger partial charge in [0.15, 0.2) is 0 Å². The van der Waals surface area contributed by atoms with Crippen LogP contribution in [-0.2, 0) is 9.53 Å². The molecule has 4 heterocycles. The average molecular weight is 516 g/mol. The Balaban J connectivity index is 1.27. The summed E-state index contributed by atoms with van der Waals surface area (Å²) in [7, 11) is 0. The SMILES string of the molecule is Cc1ccccc1-c1cc2cnc(NC3CCN(C(=O)C4CCCC4)CC3)nc2n(C2CCOCC2)c1=O. The molecule has 0 radical (unpaired) electrons. The molecule has 6 rings (SSSR count). The molecule has 0 spiro atoms. The van der Waals surface area contributed by atoms with Crippen LogP contribution in [0.2, 0.25) is 0 Å². The zero-order chi connectivity index (χ0) is 26.1. The van der Waals surface area contributed by atoms with Crippen molar-refractivity contribution < 1.29 is 9.53 Å². The second kappa shape index (κ2) is 10.8. The maximum absolute atomic E-state index is 13.9. The highest BCUT2D eigenvalue weighted by atomic mass is 16.5. The number of fused-ring (bicyclic) bond motifs is 1. The highest BCUT2D eigenvalue weighted by Gasteiger charge is 2.30. The fourth-order valence-electron chi connectivity index (χ4n) is 6.40. The van der Waals surface area contributed by atoms with Gasteiger partial charge in [-0.15, -0.1) is 0 Å². The van der Waals surface area contributed by atoms with Crippen LogP contribution in [0.4, 0.5) is 5.95 Å². The summed E-state index contributed by atoms with van der Waals surface area (Å²) in [4.78, 5) is 38.4. The van der Waals surface area contributed by atoms with Gasteiger partial charge in [0.05, 0.1) is 0 Å². The van der Waals surface area contributed by atoms with Gasteiger partial charge < -0.3 is 15.0 Å². The zero-order valence-corrected chi connectivity index (χ0v) is 22.2. The lowest BCUT2D eigenvalue weighted by atomic mass is 10.00. The topological polar surface area (TPSA) is 89.3 Å². The van der Waals surface area contributed by atoms with Gasteiger partial charge in [0, 0.05) is 61.5 Å². The van der Waals surface area contributed by atoms with Crippen molar-refractivity contribution in [2.45, 2.75) is 70.4 Å². The van der Waals surface area contributed by atoms with E-state index in [1.165, 1.54) is 12.8 Å². The minimum Gasteiger partial charge on any atom is -0.381 e. The maximum Gasteiger partial charge on any atom is 0.260 e. The molecular formula is C30H37N5O3. The third-order valence-electron chi connectivity index (χ3n) is 8.61. The molecule has 200 valence electrons. The molecule has 2 aliphatic heterocycles. The van der Waals surface area contributed by atoms with Gasteiger partial charge in [-0.05, 0) is 62.6 Å². The van der Waals surface area contributed by atoms with Crippen LogP contribution in [0.3, 0.4) is 0 Å². The lowest BCUT2D eigenvalue weighted by Crippen LogP contribution is -2.44. The number of amides is 1. The Morgan fingerprint density at radius 1 is 1.00 bits per heavy atom. The number of hydrogen-bond acceptors (Lipinski definition) is 6. The summed E-state index contributed by atoms with van der Waals surface area (Å²) in [6, 6.07) is 10.2. The summed E-state index contributed by atoms with van der Waals surface area (Å²) >= 11 is 0. The third-order valence-corrected chi connectivity index (χ3v) is 8.61. The van der Waals surface area contributed by atoms with Gasteiger partial charge in [-0.2, -0.15) is 4.98 Å². The first-order valence-corrected chi connectivity index (χ1v) is 14.2. The Morgan fingerprint density at radius 2 is 1.74 bits per heavy atom. The zero-order valence-electron chi connectivity index (χ0n) is 22.2. The summed E-state index contributed by atoms with van der Waals surface area (Å²) in [5, 5.41) is 4.37. The molecule has 8 nitrogen and oxygen atoms in total. The largest absolute Gasteiger partial charge is 0.381 e. The van der Waals surface area contributed by atoms with Gasteiger partial charge >= 0.3 is 0 Å². The summed E-state index contributed by atoms with van der Waals surface area (Å²) in [5.41, 5.74) is 3.36. The number of aryl methyl sites for hydroxylation is 1. The summed E-state index contributed by atoms with van der Waals surface area (Å²) in [5.74, 6) is 1.12. The number of piperidine rings is 1. The Hall–Kier alpha value is -3.26. The van der Waals surface area contributed by atoms with Gasteiger partial charge in [0.1, 0.15) is 5.65 Å². The first kappa shape index (κ1) is 25.0. The Bertz CT molecular complexity index is 1370. The molecule has 3 aliphatic rings. The van der Waals surface area contributed by atoms with Crippen LogP contribution in [0.1, 0.15) is 63.0 Å². The molecule has 1 aromatic carbocycles. The second-order valence-corrected chi connectivity index (χ2v) is 11.1. The highest BCUT2D eigenvalue weighted by molar-refractivity contribution is 5.82. The standard InChI is InChI=1S/C30H37N5O3/c1-20-6-2-5-9-25(20)26-18-22-19-31-30(33-27(22)35(29(26)37)24-12-16-38-17-13-24)32-23-10-14-34(15-11-23)28(36)21-7-3-4-8-21/h2,5-6,9,18-19,21,23-24H,3-4,7-8,10-17H2,1H3,(H,31,32,33). The summed E-state index contributed by atoms with van der Waals surface area (Å²) < 4.78 is 7.49. The van der Waals surface area contributed by atoms with Crippen LogP contribution < -0.4 is 10.9 Å². The van der Waals surface area contributed by atoms with E-state index >= 15 is 0 Å². The van der Waals surface area contributed by atoms with Crippen molar-refractivity contribution in [3.8, 4) is 11.1 Å². The minimum atomic E-state index is -0.0120. The van der Waals surface area contributed by atoms with Crippen LogP contribution in [0.5, 0.6) is 0 Å². The third kappa shape index (κ3) is 4.94. The number of carbonyl (C=O) groups excluding carboxylic acids is 1. The number of likely N-dealkylation sites (tertiary alicyclic amines) is 1. The molecule has 0 atom stereocenters. The Morgan fingerprint density at radius 3 is 2.47 bits per heavy atom. The van der Waals surface area contributed by atoms with Crippen molar-refractivity contribution in [2.75, 3.05) is 31.6 Å². The quantitative estimate of drug-likeness (QED) is 0.529. The van der Waals surface area contributed by atoms with Crippen LogP contribution in [0.15, 0.2) is 41.3 Å². The molecule has 2 saturated heterocycles.